The van der Waals surface area contributed by atoms with E-state index in [0.29, 0.717) is 17.7 Å². The second-order valence-corrected chi connectivity index (χ2v) is 9.38. The molecule has 2 N–H and O–H groups in total. The Morgan fingerprint density at radius 3 is 2.69 bits per heavy atom. The molecule has 0 atom stereocenters. The fourth-order valence-corrected chi connectivity index (χ4v) is 4.16. The molecule has 4 heterocycles. The molecular formula is C26H31N9. The van der Waals surface area contributed by atoms with Gasteiger partial charge in [0.1, 0.15) is 5.82 Å². The second-order valence-electron chi connectivity index (χ2n) is 9.38. The number of hydrogen-bond acceptors (Lipinski definition) is 8. The van der Waals surface area contributed by atoms with Crippen LogP contribution < -0.4 is 10.6 Å². The lowest BCUT2D eigenvalue weighted by molar-refractivity contribution is 0.263. The minimum Gasteiger partial charge on any atom is -0.366 e. The normalized spacial score (nSPS) is 15.0. The van der Waals surface area contributed by atoms with Gasteiger partial charge in [-0.1, -0.05) is 18.7 Å². The minimum absolute atomic E-state index is 0.285. The van der Waals surface area contributed by atoms with E-state index in [0.717, 1.165) is 59.5 Å². The highest BCUT2D eigenvalue weighted by molar-refractivity contribution is 5.84. The average molecular weight is 470 g/mol. The molecule has 180 valence electrons. The molecule has 0 spiro atoms. The lowest BCUT2D eigenvalue weighted by atomic mass is 10.1. The second kappa shape index (κ2) is 9.79. The number of nitrogens with zero attached hydrogens (tertiary/aromatic N) is 7. The van der Waals surface area contributed by atoms with Crippen molar-refractivity contribution in [3.63, 3.8) is 0 Å². The van der Waals surface area contributed by atoms with E-state index in [-0.39, 0.29) is 6.04 Å². The minimum atomic E-state index is 0.285. The van der Waals surface area contributed by atoms with Gasteiger partial charge in [0.25, 0.3) is 0 Å². The molecule has 9 heteroatoms. The maximum Gasteiger partial charge on any atom is 0.227 e. The number of nitrogens with one attached hydrogen (secondary N) is 2. The largest absolute Gasteiger partial charge is 0.366 e. The number of piperidine rings is 1. The Morgan fingerprint density at radius 1 is 1.09 bits per heavy atom. The fourth-order valence-electron chi connectivity index (χ4n) is 4.16. The van der Waals surface area contributed by atoms with Gasteiger partial charge < -0.3 is 15.5 Å². The molecular weight excluding hydrogens is 438 g/mol. The van der Waals surface area contributed by atoms with E-state index < -0.39 is 0 Å². The number of rotatable bonds is 7. The predicted molar refractivity (Wildman–Crippen MR) is 140 cm³/mol. The molecule has 0 saturated carbocycles. The molecule has 35 heavy (non-hydrogen) atoms. The van der Waals surface area contributed by atoms with Crippen LogP contribution in [-0.2, 0) is 0 Å². The van der Waals surface area contributed by atoms with Crippen LogP contribution in [0, 0.1) is 0 Å². The van der Waals surface area contributed by atoms with Crippen molar-refractivity contribution in [1.82, 2.24) is 34.6 Å². The Kier molecular flexibility index (Phi) is 6.41. The number of hydrogen-bond donors (Lipinski definition) is 2. The molecule has 9 nitrogen and oxygen atoms in total. The first kappa shape index (κ1) is 22.9. The van der Waals surface area contributed by atoms with Crippen LogP contribution >= 0.6 is 0 Å². The molecule has 1 aliphatic rings. The standard InChI is InChI=1S/C26H31N9/c1-17(2)35-16-21(13-29-35)18(3)30-26-28-12-20-6-5-19(11-23(20)33-26)24-14-27-15-25(32-24)31-22-7-9-34(4)10-8-22/h5-6,11-17,22H,3,7-10H2,1-2,4H3,(H,31,32)(H,28,30,33). The van der Waals surface area contributed by atoms with Crippen molar-refractivity contribution in [2.24, 2.45) is 0 Å². The fraction of sp³-hybridized carbons (Fsp3) is 0.346. The third-order valence-electron chi connectivity index (χ3n) is 6.33. The molecule has 5 rings (SSSR count). The van der Waals surface area contributed by atoms with Crippen LogP contribution in [-0.4, -0.2) is 60.8 Å². The highest BCUT2D eigenvalue weighted by Gasteiger charge is 2.17. The zero-order valence-corrected chi connectivity index (χ0v) is 20.4. The smallest absolute Gasteiger partial charge is 0.227 e. The summed E-state index contributed by atoms with van der Waals surface area (Å²) in [6, 6.07) is 6.77. The maximum atomic E-state index is 4.82. The quantitative estimate of drug-likeness (QED) is 0.410. The van der Waals surface area contributed by atoms with Gasteiger partial charge in [-0.3, -0.25) is 9.67 Å². The number of benzene rings is 1. The lowest BCUT2D eigenvalue weighted by Gasteiger charge is -2.29. The molecule has 1 aliphatic heterocycles. The van der Waals surface area contributed by atoms with Crippen molar-refractivity contribution < 1.29 is 0 Å². The summed E-state index contributed by atoms with van der Waals surface area (Å²) in [4.78, 5) is 20.8. The van der Waals surface area contributed by atoms with E-state index in [1.165, 1.54) is 0 Å². The van der Waals surface area contributed by atoms with E-state index in [1.54, 1.807) is 18.6 Å². The summed E-state index contributed by atoms with van der Waals surface area (Å²) in [5, 5.41) is 12.1. The van der Waals surface area contributed by atoms with Crippen molar-refractivity contribution in [2.75, 3.05) is 30.8 Å². The van der Waals surface area contributed by atoms with Crippen LogP contribution in [0.15, 0.2) is 55.8 Å². The van der Waals surface area contributed by atoms with E-state index in [2.05, 4.69) is 58.1 Å². The summed E-state index contributed by atoms with van der Waals surface area (Å²) in [5.41, 5.74) is 4.19. The molecule has 3 aromatic heterocycles. The van der Waals surface area contributed by atoms with Crippen molar-refractivity contribution >= 4 is 28.4 Å². The molecule has 0 bridgehead atoms. The highest BCUT2D eigenvalue weighted by atomic mass is 15.3. The molecule has 4 aromatic rings. The zero-order chi connectivity index (χ0) is 24.4. The predicted octanol–water partition coefficient (Wildman–Crippen LogP) is 4.45. The van der Waals surface area contributed by atoms with Gasteiger partial charge in [-0.15, -0.1) is 0 Å². The summed E-state index contributed by atoms with van der Waals surface area (Å²) >= 11 is 0. The van der Waals surface area contributed by atoms with Gasteiger partial charge in [0.05, 0.1) is 29.8 Å². The summed E-state index contributed by atoms with van der Waals surface area (Å²) in [7, 11) is 2.16. The van der Waals surface area contributed by atoms with Crippen LogP contribution in [0.2, 0.25) is 0 Å². The number of anilines is 2. The van der Waals surface area contributed by atoms with Crippen molar-refractivity contribution in [3.05, 3.63) is 61.3 Å². The Bertz CT molecular complexity index is 1340. The number of likely N-dealkylation sites (tertiary alicyclic amines) is 1. The van der Waals surface area contributed by atoms with Crippen molar-refractivity contribution in [1.29, 1.82) is 0 Å². The van der Waals surface area contributed by atoms with Gasteiger partial charge in [0.2, 0.25) is 5.95 Å². The van der Waals surface area contributed by atoms with Crippen LogP contribution in [0.4, 0.5) is 11.8 Å². The Labute approximate surface area is 205 Å². The van der Waals surface area contributed by atoms with E-state index in [9.17, 15) is 0 Å². The molecule has 1 aromatic carbocycles. The van der Waals surface area contributed by atoms with Gasteiger partial charge in [-0.2, -0.15) is 5.10 Å². The Hall–Kier alpha value is -3.85. The van der Waals surface area contributed by atoms with E-state index in [4.69, 9.17) is 9.97 Å². The molecule has 0 radical (unpaired) electrons. The number of fused-ring (bicyclic) bond motifs is 1. The molecule has 1 saturated heterocycles. The van der Waals surface area contributed by atoms with Crippen molar-refractivity contribution in [3.8, 4) is 11.3 Å². The topological polar surface area (TPSA) is 96.7 Å². The summed E-state index contributed by atoms with van der Waals surface area (Å²) < 4.78 is 1.90. The van der Waals surface area contributed by atoms with Gasteiger partial charge in [0.15, 0.2) is 0 Å². The van der Waals surface area contributed by atoms with Gasteiger partial charge in [-0.25, -0.2) is 15.0 Å². The van der Waals surface area contributed by atoms with Gasteiger partial charge in [0, 0.05) is 46.7 Å². The maximum absolute atomic E-state index is 4.82. The van der Waals surface area contributed by atoms with Gasteiger partial charge in [-0.05, 0) is 52.9 Å². The molecule has 0 aliphatic carbocycles. The summed E-state index contributed by atoms with van der Waals surface area (Å²) in [6.45, 7) is 10.5. The molecule has 0 amide bonds. The summed E-state index contributed by atoms with van der Waals surface area (Å²) in [6.07, 6.45) is 11.4. The van der Waals surface area contributed by atoms with Crippen LogP contribution in [0.3, 0.4) is 0 Å². The first-order valence-corrected chi connectivity index (χ1v) is 12.0. The molecule has 1 fully saturated rings. The van der Waals surface area contributed by atoms with Crippen molar-refractivity contribution in [2.45, 2.75) is 38.8 Å². The van der Waals surface area contributed by atoms with Gasteiger partial charge >= 0.3 is 0 Å². The summed E-state index contributed by atoms with van der Waals surface area (Å²) in [5.74, 6) is 1.29. The SMILES string of the molecule is C=C(Nc1ncc2ccc(-c3cncc(NC4CCN(C)CC4)n3)cc2n1)c1cnn(C(C)C)c1. The van der Waals surface area contributed by atoms with E-state index >= 15 is 0 Å². The Morgan fingerprint density at radius 2 is 1.91 bits per heavy atom. The van der Waals surface area contributed by atoms with Crippen LogP contribution in [0.5, 0.6) is 0 Å². The molecule has 0 unspecified atom stereocenters. The number of aromatic nitrogens is 6. The zero-order valence-electron chi connectivity index (χ0n) is 20.4. The first-order chi connectivity index (χ1) is 16.9. The van der Waals surface area contributed by atoms with E-state index in [1.807, 2.05) is 35.3 Å². The van der Waals surface area contributed by atoms with Crippen LogP contribution in [0.25, 0.3) is 27.9 Å². The third kappa shape index (κ3) is 5.30. The highest BCUT2D eigenvalue weighted by Crippen LogP contribution is 2.24. The third-order valence-corrected chi connectivity index (χ3v) is 6.33. The average Bonchev–Trinajstić information content (AvgIpc) is 3.36. The Balaban J connectivity index is 1.34. The first-order valence-electron chi connectivity index (χ1n) is 12.0. The monoisotopic (exact) mass is 469 g/mol. The van der Waals surface area contributed by atoms with Crippen LogP contribution in [0.1, 0.15) is 38.3 Å². The lowest BCUT2D eigenvalue weighted by Crippen LogP contribution is -2.36.